The van der Waals surface area contributed by atoms with E-state index in [2.05, 4.69) is 53.6 Å². The van der Waals surface area contributed by atoms with Crippen LogP contribution < -0.4 is 5.32 Å². The zero-order valence-electron chi connectivity index (χ0n) is 13.0. The molecule has 2 heteroatoms. The van der Waals surface area contributed by atoms with E-state index in [0.29, 0.717) is 12.0 Å². The summed E-state index contributed by atoms with van der Waals surface area (Å²) in [5, 5.41) is 3.29. The van der Waals surface area contributed by atoms with Crippen molar-refractivity contribution in [2.45, 2.75) is 44.6 Å². The highest BCUT2D eigenvalue weighted by atomic mass is 14.8. The van der Waals surface area contributed by atoms with E-state index in [9.17, 15) is 0 Å². The second-order valence-corrected chi connectivity index (χ2v) is 6.13. The summed E-state index contributed by atoms with van der Waals surface area (Å²) in [6, 6.07) is 14.0. The van der Waals surface area contributed by atoms with Crippen molar-refractivity contribution in [2.24, 2.45) is 0 Å². The van der Waals surface area contributed by atoms with Crippen molar-refractivity contribution in [1.82, 2.24) is 10.3 Å². The summed E-state index contributed by atoms with van der Waals surface area (Å²) in [6.07, 6.45) is 6.67. The Balaban J connectivity index is 1.82. The Labute approximate surface area is 127 Å². The van der Waals surface area contributed by atoms with E-state index in [0.717, 1.165) is 6.42 Å². The molecule has 0 aliphatic heterocycles. The number of nitrogens with zero attached hydrogens (tertiary/aromatic N) is 1. The molecule has 0 radical (unpaired) electrons. The zero-order chi connectivity index (χ0) is 14.7. The standard InChI is InChI=1S/C19H24N2/c1-14(20-2)13-15-8-10-16(11-9-15)18-7-3-5-17-6-4-12-21-19(17)18/h4,6,8-12,14,18,20H,3,5,7,13H2,1-2H3. The van der Waals surface area contributed by atoms with Crippen molar-refractivity contribution in [3.63, 3.8) is 0 Å². The maximum atomic E-state index is 4.65. The number of fused-ring (bicyclic) bond motifs is 1. The second kappa shape index (κ2) is 6.40. The molecule has 110 valence electrons. The lowest BCUT2D eigenvalue weighted by atomic mass is 9.82. The number of hydrogen-bond acceptors (Lipinski definition) is 2. The van der Waals surface area contributed by atoms with Crippen LogP contribution in [0.15, 0.2) is 42.6 Å². The molecule has 0 spiro atoms. The number of likely N-dealkylation sites (N-methyl/N-ethyl adjacent to an activating group) is 1. The van der Waals surface area contributed by atoms with Crippen molar-refractivity contribution in [2.75, 3.05) is 7.05 Å². The second-order valence-electron chi connectivity index (χ2n) is 6.13. The minimum atomic E-state index is 0.478. The van der Waals surface area contributed by atoms with Gasteiger partial charge in [0.05, 0.1) is 5.69 Å². The van der Waals surface area contributed by atoms with Crippen LogP contribution in [0.5, 0.6) is 0 Å². The Morgan fingerprint density at radius 2 is 2.05 bits per heavy atom. The smallest absolute Gasteiger partial charge is 0.0510 e. The molecule has 1 aliphatic rings. The molecule has 0 saturated carbocycles. The average Bonchev–Trinajstić information content (AvgIpc) is 2.55. The molecule has 0 bridgehead atoms. The molecular weight excluding hydrogens is 256 g/mol. The van der Waals surface area contributed by atoms with Crippen LogP contribution >= 0.6 is 0 Å². The van der Waals surface area contributed by atoms with E-state index in [-0.39, 0.29) is 0 Å². The first-order chi connectivity index (χ1) is 10.3. The van der Waals surface area contributed by atoms with E-state index in [1.807, 2.05) is 13.2 Å². The van der Waals surface area contributed by atoms with Gasteiger partial charge in [-0.05, 0) is 62.4 Å². The van der Waals surface area contributed by atoms with Gasteiger partial charge in [0.1, 0.15) is 0 Å². The first-order valence-electron chi connectivity index (χ1n) is 7.98. The fourth-order valence-electron chi connectivity index (χ4n) is 3.28. The minimum Gasteiger partial charge on any atom is -0.317 e. The molecule has 1 aromatic carbocycles. The summed E-state index contributed by atoms with van der Waals surface area (Å²) in [7, 11) is 2.02. The summed E-state index contributed by atoms with van der Waals surface area (Å²) in [5.74, 6) is 0.478. The molecule has 1 aromatic heterocycles. The molecule has 3 rings (SSSR count). The summed E-state index contributed by atoms with van der Waals surface area (Å²) >= 11 is 0. The molecule has 1 N–H and O–H groups in total. The van der Waals surface area contributed by atoms with Crippen LogP contribution in [0.4, 0.5) is 0 Å². The number of aromatic nitrogens is 1. The number of nitrogens with one attached hydrogen (secondary N) is 1. The molecule has 2 aromatic rings. The van der Waals surface area contributed by atoms with Gasteiger partial charge < -0.3 is 5.32 Å². The van der Waals surface area contributed by atoms with Crippen molar-refractivity contribution in [1.29, 1.82) is 0 Å². The first kappa shape index (κ1) is 14.3. The lowest BCUT2D eigenvalue weighted by Crippen LogP contribution is -2.23. The average molecular weight is 280 g/mol. The molecule has 1 aliphatic carbocycles. The molecule has 21 heavy (non-hydrogen) atoms. The van der Waals surface area contributed by atoms with E-state index in [1.54, 1.807) is 0 Å². The summed E-state index contributed by atoms with van der Waals surface area (Å²) in [5.41, 5.74) is 5.54. The Morgan fingerprint density at radius 1 is 1.24 bits per heavy atom. The van der Waals surface area contributed by atoms with Gasteiger partial charge in [0, 0.05) is 18.2 Å². The van der Waals surface area contributed by atoms with E-state index in [1.165, 1.54) is 41.6 Å². The molecule has 0 fully saturated rings. The van der Waals surface area contributed by atoms with Gasteiger partial charge in [-0.25, -0.2) is 0 Å². The van der Waals surface area contributed by atoms with Gasteiger partial charge >= 0.3 is 0 Å². The van der Waals surface area contributed by atoms with E-state index in [4.69, 9.17) is 0 Å². The zero-order valence-corrected chi connectivity index (χ0v) is 13.0. The molecule has 1 heterocycles. The van der Waals surface area contributed by atoms with Gasteiger partial charge in [0.2, 0.25) is 0 Å². The van der Waals surface area contributed by atoms with Crippen LogP contribution in [0.2, 0.25) is 0 Å². The maximum absolute atomic E-state index is 4.65. The van der Waals surface area contributed by atoms with Crippen LogP contribution in [-0.4, -0.2) is 18.1 Å². The molecule has 2 nitrogen and oxygen atoms in total. The van der Waals surface area contributed by atoms with Crippen LogP contribution in [-0.2, 0) is 12.8 Å². The first-order valence-corrected chi connectivity index (χ1v) is 7.98. The molecule has 0 saturated heterocycles. The molecule has 0 amide bonds. The lowest BCUT2D eigenvalue weighted by molar-refractivity contribution is 0.596. The highest BCUT2D eigenvalue weighted by molar-refractivity contribution is 5.36. The van der Waals surface area contributed by atoms with Crippen LogP contribution in [0.25, 0.3) is 0 Å². The van der Waals surface area contributed by atoms with Crippen LogP contribution in [0.3, 0.4) is 0 Å². The Morgan fingerprint density at radius 3 is 2.81 bits per heavy atom. The lowest BCUT2D eigenvalue weighted by Gasteiger charge is -2.24. The Hall–Kier alpha value is -1.67. The number of benzene rings is 1. The maximum Gasteiger partial charge on any atom is 0.0510 e. The third-order valence-electron chi connectivity index (χ3n) is 4.61. The van der Waals surface area contributed by atoms with Crippen LogP contribution in [0, 0.1) is 0 Å². The van der Waals surface area contributed by atoms with Gasteiger partial charge in [-0.15, -0.1) is 0 Å². The topological polar surface area (TPSA) is 24.9 Å². The minimum absolute atomic E-state index is 0.478. The van der Waals surface area contributed by atoms with E-state index >= 15 is 0 Å². The van der Waals surface area contributed by atoms with Crippen molar-refractivity contribution < 1.29 is 0 Å². The van der Waals surface area contributed by atoms with Gasteiger partial charge in [-0.3, -0.25) is 4.98 Å². The monoisotopic (exact) mass is 280 g/mol. The van der Waals surface area contributed by atoms with Gasteiger partial charge in [0.25, 0.3) is 0 Å². The van der Waals surface area contributed by atoms with E-state index < -0.39 is 0 Å². The third kappa shape index (κ3) is 3.16. The molecule has 2 unspecified atom stereocenters. The van der Waals surface area contributed by atoms with Crippen molar-refractivity contribution in [3.05, 3.63) is 65.0 Å². The molecular formula is C19H24N2. The number of hydrogen-bond donors (Lipinski definition) is 1. The Kier molecular flexibility index (Phi) is 4.35. The number of aryl methyl sites for hydroxylation is 1. The largest absolute Gasteiger partial charge is 0.317 e. The van der Waals surface area contributed by atoms with Crippen LogP contribution in [0.1, 0.15) is 48.1 Å². The summed E-state index contributed by atoms with van der Waals surface area (Å²) in [4.78, 5) is 4.65. The van der Waals surface area contributed by atoms with Gasteiger partial charge in [-0.1, -0.05) is 30.3 Å². The number of pyridine rings is 1. The highest BCUT2D eigenvalue weighted by Gasteiger charge is 2.22. The quantitative estimate of drug-likeness (QED) is 0.923. The molecule has 2 atom stereocenters. The number of rotatable bonds is 4. The van der Waals surface area contributed by atoms with Gasteiger partial charge in [0.15, 0.2) is 0 Å². The fourth-order valence-corrected chi connectivity index (χ4v) is 3.28. The van der Waals surface area contributed by atoms with Crippen molar-refractivity contribution >= 4 is 0 Å². The SMILES string of the molecule is CNC(C)Cc1ccc(C2CCCc3cccnc32)cc1. The highest BCUT2D eigenvalue weighted by Crippen LogP contribution is 2.35. The Bertz CT molecular complexity index is 589. The third-order valence-corrected chi connectivity index (χ3v) is 4.61. The predicted molar refractivity (Wildman–Crippen MR) is 87.7 cm³/mol. The predicted octanol–water partition coefficient (Wildman–Crippen LogP) is 3.70. The van der Waals surface area contributed by atoms with Gasteiger partial charge in [-0.2, -0.15) is 0 Å². The summed E-state index contributed by atoms with van der Waals surface area (Å²) in [6.45, 7) is 2.22. The normalized spacial score (nSPS) is 19.0. The summed E-state index contributed by atoms with van der Waals surface area (Å²) < 4.78 is 0. The fraction of sp³-hybridized carbons (Fsp3) is 0.421. The van der Waals surface area contributed by atoms with Crippen molar-refractivity contribution in [3.8, 4) is 0 Å².